The van der Waals surface area contributed by atoms with Crippen molar-refractivity contribution in [2.75, 3.05) is 0 Å². The maximum atomic E-state index is 10.9. The van der Waals surface area contributed by atoms with Gasteiger partial charge in [-0.3, -0.25) is 9.89 Å². The molecule has 0 spiro atoms. The molecule has 86 valence electrons. The van der Waals surface area contributed by atoms with E-state index in [2.05, 4.69) is 21.2 Å². The average molecular weight is 263 g/mol. The number of thiazole rings is 1. The zero-order chi connectivity index (χ0) is 11.7. The first-order valence-corrected chi connectivity index (χ1v) is 6.86. The molecular formula is C11H9N3OS2. The maximum Gasteiger partial charge on any atom is 0.264 e. The van der Waals surface area contributed by atoms with Crippen molar-refractivity contribution in [2.24, 2.45) is 0 Å². The Morgan fingerprint density at radius 2 is 2.18 bits per heavy atom. The van der Waals surface area contributed by atoms with Crippen LogP contribution in [0.5, 0.6) is 0 Å². The van der Waals surface area contributed by atoms with Gasteiger partial charge in [-0.2, -0.15) is 0 Å². The van der Waals surface area contributed by atoms with Crippen molar-refractivity contribution in [3.8, 4) is 0 Å². The molecule has 0 saturated carbocycles. The van der Waals surface area contributed by atoms with E-state index < -0.39 is 0 Å². The van der Waals surface area contributed by atoms with Gasteiger partial charge in [-0.25, -0.2) is 4.98 Å². The van der Waals surface area contributed by atoms with Gasteiger partial charge in [-0.05, 0) is 12.1 Å². The van der Waals surface area contributed by atoms with Crippen molar-refractivity contribution in [2.45, 2.75) is 10.1 Å². The van der Waals surface area contributed by atoms with E-state index in [1.165, 1.54) is 4.70 Å². The van der Waals surface area contributed by atoms with Crippen molar-refractivity contribution in [3.05, 3.63) is 46.4 Å². The SMILES string of the molecule is O=c1cc(CSc2nc3ccccc3s2)[nH][nH]1. The van der Waals surface area contributed by atoms with E-state index in [-0.39, 0.29) is 5.56 Å². The Morgan fingerprint density at radius 3 is 2.94 bits per heavy atom. The minimum Gasteiger partial charge on any atom is -0.301 e. The Morgan fingerprint density at radius 1 is 1.29 bits per heavy atom. The molecule has 0 unspecified atom stereocenters. The van der Waals surface area contributed by atoms with E-state index >= 15 is 0 Å². The molecule has 2 aromatic heterocycles. The van der Waals surface area contributed by atoms with Gasteiger partial charge in [0.05, 0.1) is 10.2 Å². The molecule has 17 heavy (non-hydrogen) atoms. The molecule has 0 aliphatic rings. The van der Waals surface area contributed by atoms with Crippen molar-refractivity contribution >= 4 is 33.3 Å². The number of nitrogens with one attached hydrogen (secondary N) is 2. The van der Waals surface area contributed by atoms with E-state index in [9.17, 15) is 4.79 Å². The van der Waals surface area contributed by atoms with Crippen LogP contribution < -0.4 is 5.56 Å². The van der Waals surface area contributed by atoms with Gasteiger partial charge in [-0.15, -0.1) is 11.3 Å². The predicted octanol–water partition coefficient (Wildman–Crippen LogP) is 2.60. The summed E-state index contributed by atoms with van der Waals surface area (Å²) in [6.45, 7) is 0. The number of para-hydroxylation sites is 1. The Bertz CT molecular complexity index is 665. The second-order valence-electron chi connectivity index (χ2n) is 3.52. The topological polar surface area (TPSA) is 61.5 Å². The number of aromatic amines is 2. The van der Waals surface area contributed by atoms with Crippen LogP contribution in [0.25, 0.3) is 10.2 Å². The van der Waals surface area contributed by atoms with Gasteiger partial charge in [-0.1, -0.05) is 23.9 Å². The van der Waals surface area contributed by atoms with Gasteiger partial charge >= 0.3 is 0 Å². The summed E-state index contributed by atoms with van der Waals surface area (Å²) in [4.78, 5) is 15.4. The highest BCUT2D eigenvalue weighted by molar-refractivity contribution is 8.00. The van der Waals surface area contributed by atoms with Crippen LogP contribution in [0.15, 0.2) is 39.5 Å². The molecule has 2 heterocycles. The number of H-pyrrole nitrogens is 2. The van der Waals surface area contributed by atoms with Crippen LogP contribution in [0, 0.1) is 0 Å². The van der Waals surface area contributed by atoms with E-state index in [1.807, 2.05) is 18.2 Å². The largest absolute Gasteiger partial charge is 0.301 e. The highest BCUT2D eigenvalue weighted by atomic mass is 32.2. The molecule has 0 atom stereocenters. The first kappa shape index (κ1) is 10.6. The van der Waals surface area contributed by atoms with Gasteiger partial charge < -0.3 is 5.10 Å². The smallest absolute Gasteiger partial charge is 0.264 e. The zero-order valence-electron chi connectivity index (χ0n) is 8.77. The van der Waals surface area contributed by atoms with Gasteiger partial charge in [0, 0.05) is 17.5 Å². The van der Waals surface area contributed by atoms with Gasteiger partial charge in [0.25, 0.3) is 5.56 Å². The molecule has 2 N–H and O–H groups in total. The molecule has 0 amide bonds. The molecule has 0 fully saturated rings. The molecule has 0 aliphatic carbocycles. The number of hydrogen-bond donors (Lipinski definition) is 2. The fourth-order valence-electron chi connectivity index (χ4n) is 1.50. The summed E-state index contributed by atoms with van der Waals surface area (Å²) in [7, 11) is 0. The summed E-state index contributed by atoms with van der Waals surface area (Å²) in [5.41, 5.74) is 1.83. The molecule has 0 bridgehead atoms. The number of aromatic nitrogens is 3. The van der Waals surface area contributed by atoms with Crippen LogP contribution in [-0.2, 0) is 5.75 Å². The first-order chi connectivity index (χ1) is 8.31. The van der Waals surface area contributed by atoms with E-state index in [4.69, 9.17) is 0 Å². The van der Waals surface area contributed by atoms with Gasteiger partial charge in [0.1, 0.15) is 0 Å². The predicted molar refractivity (Wildman–Crippen MR) is 70.6 cm³/mol. The van der Waals surface area contributed by atoms with Crippen LogP contribution in [0.4, 0.5) is 0 Å². The lowest BCUT2D eigenvalue weighted by Gasteiger charge is -1.92. The van der Waals surface area contributed by atoms with E-state index in [0.29, 0.717) is 0 Å². The lowest BCUT2D eigenvalue weighted by Crippen LogP contribution is -1.93. The normalized spacial score (nSPS) is 11.1. The van der Waals surface area contributed by atoms with Crippen LogP contribution in [0.2, 0.25) is 0 Å². The van der Waals surface area contributed by atoms with Gasteiger partial charge in [0.15, 0.2) is 4.34 Å². The standard InChI is InChI=1S/C11H9N3OS2/c15-10-5-7(13-14-10)6-16-11-12-8-3-1-2-4-9(8)17-11/h1-5H,6H2,(H2,13,14,15). The number of thioether (sulfide) groups is 1. The lowest BCUT2D eigenvalue weighted by atomic mass is 10.3. The number of nitrogens with zero attached hydrogens (tertiary/aromatic N) is 1. The summed E-state index contributed by atoms with van der Waals surface area (Å²) in [5.74, 6) is 0.721. The molecule has 0 saturated heterocycles. The summed E-state index contributed by atoms with van der Waals surface area (Å²) in [5, 5.41) is 5.35. The maximum absolute atomic E-state index is 10.9. The molecular weight excluding hydrogens is 254 g/mol. The minimum absolute atomic E-state index is 0.0927. The van der Waals surface area contributed by atoms with E-state index in [1.54, 1.807) is 29.2 Å². The van der Waals surface area contributed by atoms with Crippen molar-refractivity contribution in [1.82, 2.24) is 15.2 Å². The third-order valence-corrected chi connectivity index (χ3v) is 4.51. The van der Waals surface area contributed by atoms with Crippen LogP contribution >= 0.6 is 23.1 Å². The average Bonchev–Trinajstić information content (AvgIpc) is 2.91. The van der Waals surface area contributed by atoms with Crippen LogP contribution in [0.1, 0.15) is 5.69 Å². The van der Waals surface area contributed by atoms with Crippen molar-refractivity contribution < 1.29 is 0 Å². The van der Waals surface area contributed by atoms with Crippen molar-refractivity contribution in [1.29, 1.82) is 0 Å². The molecule has 3 aromatic rings. The molecule has 1 aromatic carbocycles. The Labute approximate surface area is 105 Å². The molecule has 0 aliphatic heterocycles. The molecule has 4 nitrogen and oxygen atoms in total. The molecule has 3 rings (SSSR count). The summed E-state index contributed by atoms with van der Waals surface area (Å²) < 4.78 is 2.21. The quantitative estimate of drug-likeness (QED) is 0.714. The first-order valence-electron chi connectivity index (χ1n) is 5.06. The summed E-state index contributed by atoms with van der Waals surface area (Å²) in [6.07, 6.45) is 0. The Hall–Kier alpha value is -1.53. The third kappa shape index (κ3) is 2.27. The zero-order valence-corrected chi connectivity index (χ0v) is 10.4. The van der Waals surface area contributed by atoms with E-state index in [0.717, 1.165) is 21.3 Å². The number of fused-ring (bicyclic) bond motifs is 1. The number of rotatable bonds is 3. The number of benzene rings is 1. The fourth-order valence-corrected chi connectivity index (χ4v) is 3.48. The molecule has 6 heteroatoms. The van der Waals surface area contributed by atoms with Crippen molar-refractivity contribution in [3.63, 3.8) is 0 Å². The van der Waals surface area contributed by atoms with Crippen LogP contribution in [0.3, 0.4) is 0 Å². The van der Waals surface area contributed by atoms with Crippen LogP contribution in [-0.4, -0.2) is 15.2 Å². The Balaban J connectivity index is 1.78. The second-order valence-corrected chi connectivity index (χ2v) is 5.77. The lowest BCUT2D eigenvalue weighted by molar-refractivity contribution is 1.01. The molecule has 0 radical (unpaired) electrons. The highest BCUT2D eigenvalue weighted by Gasteiger charge is 2.04. The monoisotopic (exact) mass is 263 g/mol. The van der Waals surface area contributed by atoms with Gasteiger partial charge in [0.2, 0.25) is 0 Å². The summed E-state index contributed by atoms with van der Waals surface area (Å²) >= 11 is 3.30. The minimum atomic E-state index is -0.0927. The third-order valence-electron chi connectivity index (χ3n) is 2.28. The summed E-state index contributed by atoms with van der Waals surface area (Å²) in [6, 6.07) is 9.64. The second kappa shape index (κ2) is 4.38. The highest BCUT2D eigenvalue weighted by Crippen LogP contribution is 2.30. The Kier molecular flexibility index (Phi) is 2.74. The number of hydrogen-bond acceptors (Lipinski definition) is 4. The fraction of sp³-hybridized carbons (Fsp3) is 0.0909.